The summed E-state index contributed by atoms with van der Waals surface area (Å²) >= 11 is 1.26. The Hall–Kier alpha value is -3.00. The van der Waals surface area contributed by atoms with Crippen LogP contribution in [0.25, 0.3) is 27.1 Å². The van der Waals surface area contributed by atoms with Gasteiger partial charge in [0.05, 0.1) is 7.11 Å². The molecule has 0 atom stereocenters. The maximum Gasteiger partial charge on any atom is 0.297 e. The van der Waals surface area contributed by atoms with E-state index in [1.165, 1.54) is 15.9 Å². The topological polar surface area (TPSA) is 82.5 Å². The first-order valence-electron chi connectivity index (χ1n) is 8.38. The van der Waals surface area contributed by atoms with Crippen LogP contribution in [0.3, 0.4) is 0 Å². The molecule has 0 aliphatic heterocycles. The third kappa shape index (κ3) is 3.12. The highest BCUT2D eigenvalue weighted by molar-refractivity contribution is 7.19. The van der Waals surface area contributed by atoms with Crippen LogP contribution in [0.4, 0.5) is 0 Å². The van der Waals surface area contributed by atoms with Gasteiger partial charge in [0.15, 0.2) is 10.8 Å². The molecule has 0 spiro atoms. The molecule has 0 saturated heterocycles. The molecule has 0 fully saturated rings. The molecule has 0 bridgehead atoms. The van der Waals surface area contributed by atoms with Crippen LogP contribution in [0.15, 0.2) is 45.6 Å². The first-order chi connectivity index (χ1) is 12.9. The molecule has 4 rings (SSSR count). The van der Waals surface area contributed by atoms with Crippen LogP contribution in [0.2, 0.25) is 0 Å². The summed E-state index contributed by atoms with van der Waals surface area (Å²) in [5.41, 5.74) is 0.656. The first kappa shape index (κ1) is 17.4. The number of furan rings is 1. The lowest BCUT2D eigenvalue weighted by Crippen LogP contribution is -2.30. The molecular weight excluding hydrogens is 364 g/mol. The molecule has 27 heavy (non-hydrogen) atoms. The lowest BCUT2D eigenvalue weighted by Gasteiger charge is -2.14. The standard InChI is InChI=1S/C19H18N4O3S/c1-19(2,3)15-17(24)23-18(21-20-15)27-16(22-23)14-10-9-13(26-14)11-5-7-12(25-4)8-6-11/h5-10H,1-4H3. The van der Waals surface area contributed by atoms with E-state index in [0.29, 0.717) is 27.2 Å². The van der Waals surface area contributed by atoms with E-state index in [4.69, 9.17) is 9.15 Å². The summed E-state index contributed by atoms with van der Waals surface area (Å²) < 4.78 is 12.4. The predicted molar refractivity (Wildman–Crippen MR) is 103 cm³/mol. The molecule has 0 saturated carbocycles. The Kier molecular flexibility index (Phi) is 4.07. The third-order valence-electron chi connectivity index (χ3n) is 4.09. The second-order valence-electron chi connectivity index (χ2n) is 7.10. The molecule has 0 amide bonds. The van der Waals surface area contributed by atoms with Gasteiger partial charge < -0.3 is 9.15 Å². The zero-order valence-corrected chi connectivity index (χ0v) is 16.2. The van der Waals surface area contributed by atoms with Crippen LogP contribution in [0, 0.1) is 0 Å². The fraction of sp³-hybridized carbons (Fsp3) is 0.263. The Labute approximate surface area is 159 Å². The van der Waals surface area contributed by atoms with Gasteiger partial charge >= 0.3 is 0 Å². The van der Waals surface area contributed by atoms with Gasteiger partial charge in [-0.05, 0) is 36.4 Å². The van der Waals surface area contributed by atoms with Crippen LogP contribution in [-0.4, -0.2) is 26.9 Å². The molecule has 8 heteroatoms. The summed E-state index contributed by atoms with van der Waals surface area (Å²) in [5, 5.41) is 13.2. The van der Waals surface area contributed by atoms with Gasteiger partial charge in [-0.2, -0.15) is 4.52 Å². The van der Waals surface area contributed by atoms with Crippen LogP contribution >= 0.6 is 11.3 Å². The molecule has 3 aromatic heterocycles. The fourth-order valence-corrected chi connectivity index (χ4v) is 3.45. The molecule has 0 aliphatic rings. The van der Waals surface area contributed by atoms with Gasteiger partial charge in [0.2, 0.25) is 4.96 Å². The first-order valence-corrected chi connectivity index (χ1v) is 9.20. The number of rotatable bonds is 3. The number of methoxy groups -OCH3 is 1. The number of aromatic nitrogens is 4. The maximum atomic E-state index is 12.7. The van der Waals surface area contributed by atoms with Gasteiger partial charge in [-0.3, -0.25) is 4.79 Å². The lowest BCUT2D eigenvalue weighted by molar-refractivity contribution is 0.415. The highest BCUT2D eigenvalue weighted by atomic mass is 32.1. The minimum atomic E-state index is -0.402. The second-order valence-corrected chi connectivity index (χ2v) is 8.05. The van der Waals surface area contributed by atoms with Gasteiger partial charge in [0.25, 0.3) is 5.56 Å². The Morgan fingerprint density at radius 2 is 1.74 bits per heavy atom. The van der Waals surface area contributed by atoms with Gasteiger partial charge in [-0.25, -0.2) is 0 Å². The van der Waals surface area contributed by atoms with E-state index < -0.39 is 5.41 Å². The van der Waals surface area contributed by atoms with Crippen LogP contribution < -0.4 is 10.3 Å². The summed E-state index contributed by atoms with van der Waals surface area (Å²) in [6.07, 6.45) is 0. The highest BCUT2D eigenvalue weighted by Gasteiger charge is 2.23. The summed E-state index contributed by atoms with van der Waals surface area (Å²) in [5.74, 6) is 2.07. The van der Waals surface area contributed by atoms with E-state index in [2.05, 4.69) is 15.3 Å². The average Bonchev–Trinajstić information content (AvgIpc) is 3.28. The SMILES string of the molecule is COc1ccc(-c2ccc(-c3nn4c(=O)c(C(C)(C)C)nnc4s3)o2)cc1. The van der Waals surface area contributed by atoms with Gasteiger partial charge in [-0.1, -0.05) is 32.1 Å². The summed E-state index contributed by atoms with van der Waals surface area (Å²) in [4.78, 5) is 13.1. The molecule has 0 aliphatic carbocycles. The molecule has 0 radical (unpaired) electrons. The Bertz CT molecular complexity index is 1170. The number of fused-ring (bicyclic) bond motifs is 1. The molecule has 3 heterocycles. The van der Waals surface area contributed by atoms with E-state index in [1.54, 1.807) is 7.11 Å². The van der Waals surface area contributed by atoms with Gasteiger partial charge in [-0.15, -0.1) is 15.3 Å². The van der Waals surface area contributed by atoms with Crippen LogP contribution in [-0.2, 0) is 5.41 Å². The van der Waals surface area contributed by atoms with E-state index in [0.717, 1.165) is 11.3 Å². The van der Waals surface area contributed by atoms with Crippen molar-refractivity contribution in [1.82, 2.24) is 19.8 Å². The average molecular weight is 382 g/mol. The van der Waals surface area contributed by atoms with E-state index in [1.807, 2.05) is 57.2 Å². The molecule has 1 aromatic carbocycles. The quantitative estimate of drug-likeness (QED) is 0.536. The van der Waals surface area contributed by atoms with E-state index in [-0.39, 0.29) is 5.56 Å². The van der Waals surface area contributed by atoms with Crippen molar-refractivity contribution in [2.45, 2.75) is 26.2 Å². The zero-order valence-electron chi connectivity index (χ0n) is 15.4. The Morgan fingerprint density at radius 3 is 2.41 bits per heavy atom. The van der Waals surface area contributed by atoms with Crippen molar-refractivity contribution in [1.29, 1.82) is 0 Å². The summed E-state index contributed by atoms with van der Waals surface area (Å²) in [7, 11) is 1.63. The number of nitrogens with zero attached hydrogens (tertiary/aromatic N) is 4. The maximum absolute atomic E-state index is 12.7. The normalized spacial score (nSPS) is 11.9. The second kappa shape index (κ2) is 6.31. The van der Waals surface area contributed by atoms with Crippen LogP contribution in [0.5, 0.6) is 5.75 Å². The van der Waals surface area contributed by atoms with Crippen LogP contribution in [0.1, 0.15) is 26.5 Å². The molecule has 0 unspecified atom stereocenters. The summed E-state index contributed by atoms with van der Waals surface area (Å²) in [6.45, 7) is 5.77. The largest absolute Gasteiger partial charge is 0.497 e. The Balaban J connectivity index is 1.74. The van der Waals surface area contributed by atoms with Crippen molar-refractivity contribution >= 4 is 16.3 Å². The minimum Gasteiger partial charge on any atom is -0.497 e. The van der Waals surface area contributed by atoms with Crippen molar-refractivity contribution in [2.24, 2.45) is 0 Å². The molecule has 0 N–H and O–H groups in total. The third-order valence-corrected chi connectivity index (χ3v) is 5.01. The van der Waals surface area contributed by atoms with Crippen molar-refractivity contribution in [3.05, 3.63) is 52.4 Å². The van der Waals surface area contributed by atoms with Crippen molar-refractivity contribution < 1.29 is 9.15 Å². The van der Waals surface area contributed by atoms with E-state index >= 15 is 0 Å². The van der Waals surface area contributed by atoms with E-state index in [9.17, 15) is 4.79 Å². The van der Waals surface area contributed by atoms with Crippen molar-refractivity contribution in [3.8, 4) is 27.8 Å². The number of benzene rings is 1. The van der Waals surface area contributed by atoms with Gasteiger partial charge in [0.1, 0.15) is 17.2 Å². The van der Waals surface area contributed by atoms with Gasteiger partial charge in [0, 0.05) is 11.0 Å². The molecule has 7 nitrogen and oxygen atoms in total. The van der Waals surface area contributed by atoms with Crippen molar-refractivity contribution in [3.63, 3.8) is 0 Å². The molecule has 4 aromatic rings. The number of ether oxygens (including phenoxy) is 1. The predicted octanol–water partition coefficient (Wildman–Crippen LogP) is 3.78. The minimum absolute atomic E-state index is 0.253. The monoisotopic (exact) mass is 382 g/mol. The Morgan fingerprint density at radius 1 is 1.04 bits per heavy atom. The molecular formula is C19H18N4O3S. The highest BCUT2D eigenvalue weighted by Crippen LogP contribution is 2.31. The zero-order chi connectivity index (χ0) is 19.2. The number of hydrogen-bond acceptors (Lipinski definition) is 7. The lowest BCUT2D eigenvalue weighted by atomic mass is 9.93. The fourth-order valence-electron chi connectivity index (χ4n) is 2.65. The smallest absolute Gasteiger partial charge is 0.297 e. The summed E-state index contributed by atoms with van der Waals surface area (Å²) in [6, 6.07) is 11.3. The molecule has 138 valence electrons. The van der Waals surface area contributed by atoms with Crippen molar-refractivity contribution in [2.75, 3.05) is 7.11 Å². The number of hydrogen-bond donors (Lipinski definition) is 0.